The molecule has 2 aliphatic rings. The van der Waals surface area contributed by atoms with Crippen molar-refractivity contribution in [3.8, 4) is 0 Å². The van der Waals surface area contributed by atoms with Crippen molar-refractivity contribution in [2.75, 3.05) is 0 Å². The Labute approximate surface area is 126 Å². The van der Waals surface area contributed by atoms with Gasteiger partial charge in [0.1, 0.15) is 5.60 Å². The molecule has 0 aliphatic heterocycles. The maximum atomic E-state index is 12.2. The predicted octanol–water partition coefficient (Wildman–Crippen LogP) is 3.18. The van der Waals surface area contributed by atoms with Gasteiger partial charge in [0.2, 0.25) is 0 Å². The van der Waals surface area contributed by atoms with E-state index in [0.29, 0.717) is 0 Å². The quantitative estimate of drug-likeness (QED) is 0.839. The average Bonchev–Trinajstić information content (AvgIpc) is 2.65. The van der Waals surface area contributed by atoms with Crippen molar-refractivity contribution in [3.63, 3.8) is 0 Å². The number of nitrogens with one attached hydrogen (secondary N) is 1. The summed E-state index contributed by atoms with van der Waals surface area (Å²) in [6, 6.07) is 0. The predicted molar refractivity (Wildman–Crippen MR) is 79.0 cm³/mol. The Morgan fingerprint density at radius 3 is 2.10 bits per heavy atom. The molecule has 0 spiro atoms. The van der Waals surface area contributed by atoms with E-state index < -0.39 is 23.2 Å². The first-order valence-electron chi connectivity index (χ1n) is 7.74. The van der Waals surface area contributed by atoms with Crippen LogP contribution in [0.15, 0.2) is 0 Å². The smallest absolute Gasteiger partial charge is 0.408 e. The van der Waals surface area contributed by atoms with Gasteiger partial charge in [-0.25, -0.2) is 4.79 Å². The van der Waals surface area contributed by atoms with Crippen molar-refractivity contribution in [2.45, 2.75) is 71.4 Å². The second kappa shape index (κ2) is 4.89. The van der Waals surface area contributed by atoms with Gasteiger partial charge >= 0.3 is 12.1 Å². The molecule has 1 amide bonds. The summed E-state index contributed by atoms with van der Waals surface area (Å²) in [6.07, 6.45) is 3.29. The van der Waals surface area contributed by atoms with E-state index in [9.17, 15) is 14.7 Å². The minimum absolute atomic E-state index is 0.0162. The van der Waals surface area contributed by atoms with E-state index in [1.807, 2.05) is 34.6 Å². The molecule has 0 aromatic carbocycles. The summed E-state index contributed by atoms with van der Waals surface area (Å²) in [5.74, 6) is -1.16. The van der Waals surface area contributed by atoms with Gasteiger partial charge in [-0.3, -0.25) is 4.79 Å². The Morgan fingerprint density at radius 1 is 1.19 bits per heavy atom. The lowest BCUT2D eigenvalue weighted by atomic mass is 9.86. The van der Waals surface area contributed by atoms with Crippen LogP contribution in [-0.4, -0.2) is 28.3 Å². The van der Waals surface area contributed by atoms with Crippen molar-refractivity contribution in [2.24, 2.45) is 17.3 Å². The van der Waals surface area contributed by atoms with Crippen LogP contribution in [0.4, 0.5) is 4.79 Å². The van der Waals surface area contributed by atoms with E-state index in [1.54, 1.807) is 0 Å². The van der Waals surface area contributed by atoms with Crippen LogP contribution < -0.4 is 5.32 Å². The Bertz CT molecular complexity index is 444. The number of carboxylic acids is 1. The molecule has 2 atom stereocenters. The van der Waals surface area contributed by atoms with Gasteiger partial charge in [0.15, 0.2) is 0 Å². The summed E-state index contributed by atoms with van der Waals surface area (Å²) >= 11 is 0. The lowest BCUT2D eigenvalue weighted by Crippen LogP contribution is -2.51. The van der Waals surface area contributed by atoms with Crippen molar-refractivity contribution >= 4 is 12.1 Å². The van der Waals surface area contributed by atoms with Crippen molar-refractivity contribution < 1.29 is 19.4 Å². The molecule has 2 N–H and O–H groups in total. The normalized spacial score (nSPS) is 29.8. The highest BCUT2D eigenvalue weighted by atomic mass is 16.6. The molecule has 5 nitrogen and oxygen atoms in total. The molecule has 2 saturated carbocycles. The SMILES string of the molecule is CC(C)(C)OC(=O)NC1([C@@H]2[C@@H](C(=O)O)C2(C)C)CCCC1. The first-order chi connectivity index (χ1) is 9.50. The number of carboxylic acid groups (broad SMARTS) is 1. The average molecular weight is 297 g/mol. The number of carbonyl (C=O) groups excluding carboxylic acids is 1. The van der Waals surface area contributed by atoms with Gasteiger partial charge in [-0.1, -0.05) is 26.7 Å². The van der Waals surface area contributed by atoms with Gasteiger partial charge in [0, 0.05) is 11.5 Å². The molecular weight excluding hydrogens is 270 g/mol. The standard InChI is InChI=1S/C16H27NO4/c1-14(2,3)21-13(20)17-16(8-6-7-9-16)11-10(12(18)19)15(11,4)5/h10-11H,6-9H2,1-5H3,(H,17,20)(H,18,19)/t10-,11+/m0/s1. The largest absolute Gasteiger partial charge is 0.481 e. The topological polar surface area (TPSA) is 75.6 Å². The molecule has 0 unspecified atom stereocenters. The number of alkyl carbamates (subject to hydrolysis) is 1. The van der Waals surface area contributed by atoms with Crippen LogP contribution in [0.1, 0.15) is 60.3 Å². The fraction of sp³-hybridized carbons (Fsp3) is 0.875. The lowest BCUT2D eigenvalue weighted by molar-refractivity contribution is -0.139. The maximum Gasteiger partial charge on any atom is 0.408 e. The van der Waals surface area contributed by atoms with Crippen LogP contribution in [0.25, 0.3) is 0 Å². The molecule has 0 radical (unpaired) electrons. The van der Waals surface area contributed by atoms with Gasteiger partial charge in [0.25, 0.3) is 0 Å². The molecular formula is C16H27NO4. The molecule has 2 aliphatic carbocycles. The second-order valence-corrected chi connectivity index (χ2v) is 8.11. The van der Waals surface area contributed by atoms with Crippen LogP contribution in [-0.2, 0) is 9.53 Å². The minimum atomic E-state index is -0.762. The number of hydrogen-bond donors (Lipinski definition) is 2. The van der Waals surface area contributed by atoms with E-state index >= 15 is 0 Å². The highest BCUT2D eigenvalue weighted by Gasteiger charge is 2.70. The highest BCUT2D eigenvalue weighted by Crippen LogP contribution is 2.66. The van der Waals surface area contributed by atoms with Crippen molar-refractivity contribution in [3.05, 3.63) is 0 Å². The van der Waals surface area contributed by atoms with E-state index in [1.165, 1.54) is 0 Å². The van der Waals surface area contributed by atoms with Crippen LogP contribution in [0, 0.1) is 17.3 Å². The molecule has 0 aromatic heterocycles. The zero-order valence-electron chi connectivity index (χ0n) is 13.7. The van der Waals surface area contributed by atoms with E-state index in [4.69, 9.17) is 4.74 Å². The molecule has 0 saturated heterocycles. The van der Waals surface area contributed by atoms with Crippen LogP contribution in [0.5, 0.6) is 0 Å². The number of carbonyl (C=O) groups is 2. The lowest BCUT2D eigenvalue weighted by Gasteiger charge is -2.33. The summed E-state index contributed by atoms with van der Waals surface area (Å²) in [7, 11) is 0. The van der Waals surface area contributed by atoms with Gasteiger partial charge < -0.3 is 15.2 Å². The first-order valence-corrected chi connectivity index (χ1v) is 7.74. The van der Waals surface area contributed by atoms with Gasteiger partial charge in [-0.15, -0.1) is 0 Å². The molecule has 120 valence electrons. The molecule has 21 heavy (non-hydrogen) atoms. The van der Waals surface area contributed by atoms with E-state index in [-0.39, 0.29) is 17.3 Å². The Hall–Kier alpha value is -1.26. The minimum Gasteiger partial charge on any atom is -0.481 e. The Kier molecular flexibility index (Phi) is 3.75. The maximum absolute atomic E-state index is 12.2. The van der Waals surface area contributed by atoms with E-state index in [2.05, 4.69) is 5.32 Å². The number of ether oxygens (including phenoxy) is 1. The zero-order chi connectivity index (χ0) is 16.1. The van der Waals surface area contributed by atoms with Crippen LogP contribution >= 0.6 is 0 Å². The third kappa shape index (κ3) is 3.01. The molecule has 0 aromatic rings. The number of rotatable bonds is 3. The molecule has 2 rings (SSSR count). The molecule has 0 bridgehead atoms. The number of aliphatic carboxylic acids is 1. The first kappa shape index (κ1) is 16.1. The third-order valence-corrected chi connectivity index (χ3v) is 4.93. The summed E-state index contributed by atoms with van der Waals surface area (Å²) in [6.45, 7) is 9.44. The molecule has 0 heterocycles. The van der Waals surface area contributed by atoms with E-state index in [0.717, 1.165) is 25.7 Å². The monoisotopic (exact) mass is 297 g/mol. The molecule has 5 heteroatoms. The summed E-state index contributed by atoms with van der Waals surface area (Å²) in [4.78, 5) is 23.6. The van der Waals surface area contributed by atoms with Crippen molar-refractivity contribution in [1.29, 1.82) is 0 Å². The Morgan fingerprint density at radius 2 is 1.71 bits per heavy atom. The van der Waals surface area contributed by atoms with Crippen LogP contribution in [0.3, 0.4) is 0 Å². The van der Waals surface area contributed by atoms with Crippen LogP contribution in [0.2, 0.25) is 0 Å². The summed E-state index contributed by atoms with van der Waals surface area (Å²) in [5.41, 5.74) is -1.24. The third-order valence-electron chi connectivity index (χ3n) is 4.93. The van der Waals surface area contributed by atoms with Gasteiger partial charge in [0.05, 0.1) is 5.92 Å². The number of hydrogen-bond acceptors (Lipinski definition) is 3. The number of amides is 1. The fourth-order valence-corrected chi connectivity index (χ4v) is 4.16. The van der Waals surface area contributed by atoms with Crippen molar-refractivity contribution in [1.82, 2.24) is 5.32 Å². The molecule has 2 fully saturated rings. The zero-order valence-corrected chi connectivity index (χ0v) is 13.7. The van der Waals surface area contributed by atoms with Gasteiger partial charge in [-0.05, 0) is 39.0 Å². The Balaban J connectivity index is 2.16. The highest BCUT2D eigenvalue weighted by molar-refractivity contribution is 5.77. The second-order valence-electron chi connectivity index (χ2n) is 8.11. The summed E-state index contributed by atoms with van der Waals surface area (Å²) < 4.78 is 5.37. The van der Waals surface area contributed by atoms with Gasteiger partial charge in [-0.2, -0.15) is 0 Å². The summed E-state index contributed by atoms with van der Waals surface area (Å²) in [5, 5.41) is 12.4. The fourth-order valence-electron chi connectivity index (χ4n) is 4.16.